The van der Waals surface area contributed by atoms with E-state index in [1.165, 1.54) is 5.56 Å². The van der Waals surface area contributed by atoms with Gasteiger partial charge in [0.15, 0.2) is 5.78 Å². The second-order valence-corrected chi connectivity index (χ2v) is 10.6. The van der Waals surface area contributed by atoms with Crippen molar-refractivity contribution in [3.8, 4) is 11.3 Å². The van der Waals surface area contributed by atoms with Crippen molar-refractivity contribution in [2.45, 2.75) is 57.7 Å². The van der Waals surface area contributed by atoms with Crippen LogP contribution in [0, 0.1) is 5.41 Å². The summed E-state index contributed by atoms with van der Waals surface area (Å²) in [4.78, 5) is 21.1. The lowest BCUT2D eigenvalue weighted by atomic mass is 9.60. The highest BCUT2D eigenvalue weighted by Crippen LogP contribution is 2.56. The van der Waals surface area contributed by atoms with Gasteiger partial charge in [0.1, 0.15) is 5.82 Å². The van der Waals surface area contributed by atoms with E-state index in [1.807, 2.05) is 24.3 Å². The van der Waals surface area contributed by atoms with Crippen LogP contribution in [0.15, 0.2) is 66.9 Å². The van der Waals surface area contributed by atoms with Crippen molar-refractivity contribution >= 4 is 5.78 Å². The molecule has 1 unspecified atom stereocenters. The minimum atomic E-state index is -0.504. The molecule has 2 aromatic carbocycles. The quantitative estimate of drug-likeness (QED) is 0.612. The van der Waals surface area contributed by atoms with Crippen LogP contribution in [0.25, 0.3) is 11.3 Å². The van der Waals surface area contributed by atoms with E-state index in [-0.39, 0.29) is 17.4 Å². The fourth-order valence-corrected chi connectivity index (χ4v) is 6.18. The lowest BCUT2D eigenvalue weighted by Gasteiger charge is -2.59. The van der Waals surface area contributed by atoms with Gasteiger partial charge in [-0.3, -0.25) is 9.69 Å². The van der Waals surface area contributed by atoms with Crippen molar-refractivity contribution in [2.24, 2.45) is 11.1 Å². The number of fused-ring (bicyclic) bond motifs is 1. The molecule has 3 aromatic rings. The third-order valence-corrected chi connectivity index (χ3v) is 7.51. The van der Waals surface area contributed by atoms with E-state index in [1.54, 1.807) is 0 Å². The van der Waals surface area contributed by atoms with Crippen LogP contribution in [0.4, 0.5) is 0 Å². The number of aromatic nitrogens is 2. The third-order valence-electron chi connectivity index (χ3n) is 7.51. The maximum Gasteiger partial charge on any atom is 0.155 e. The van der Waals surface area contributed by atoms with Crippen molar-refractivity contribution < 1.29 is 4.79 Å². The average molecular weight is 443 g/mol. The minimum absolute atomic E-state index is 0.0241. The SMILES string of the molecule is CC(C)(C)[C@@H](c1nc(-c2ccccc2)cn1Cc1ccccc1)C12C[C@H](CN)N1CCC2=O. The average Bonchev–Trinajstić information content (AvgIpc) is 3.29. The Hall–Kier alpha value is -2.76. The van der Waals surface area contributed by atoms with E-state index in [4.69, 9.17) is 10.7 Å². The Morgan fingerprint density at radius 3 is 2.39 bits per heavy atom. The Labute approximate surface area is 196 Å². The van der Waals surface area contributed by atoms with Gasteiger partial charge >= 0.3 is 0 Å². The Kier molecular flexibility index (Phi) is 5.50. The molecule has 2 N–H and O–H groups in total. The van der Waals surface area contributed by atoms with E-state index in [0.29, 0.717) is 18.7 Å². The molecule has 2 saturated heterocycles. The first-order valence-electron chi connectivity index (χ1n) is 12.0. The fraction of sp³-hybridized carbons (Fsp3) is 0.429. The highest BCUT2D eigenvalue weighted by Gasteiger charge is 2.66. The summed E-state index contributed by atoms with van der Waals surface area (Å²) in [5.74, 6) is 1.33. The molecule has 2 fully saturated rings. The van der Waals surface area contributed by atoms with Crippen molar-refractivity contribution in [3.63, 3.8) is 0 Å². The maximum absolute atomic E-state index is 13.5. The van der Waals surface area contributed by atoms with E-state index < -0.39 is 5.54 Å². The number of imidazole rings is 1. The number of ketones is 1. The summed E-state index contributed by atoms with van der Waals surface area (Å²) in [5, 5.41) is 0. The molecule has 2 aliphatic heterocycles. The zero-order valence-electron chi connectivity index (χ0n) is 19.9. The number of carbonyl (C=O) groups is 1. The van der Waals surface area contributed by atoms with Gasteiger partial charge in [0.2, 0.25) is 0 Å². The monoisotopic (exact) mass is 442 g/mol. The number of nitrogens with zero attached hydrogens (tertiary/aromatic N) is 3. The van der Waals surface area contributed by atoms with Crippen LogP contribution < -0.4 is 5.73 Å². The largest absolute Gasteiger partial charge is 0.330 e. The van der Waals surface area contributed by atoms with Gasteiger partial charge in [-0.05, 0) is 17.4 Å². The third kappa shape index (κ3) is 3.64. The summed E-state index contributed by atoms with van der Waals surface area (Å²) in [6.45, 7) is 8.87. The van der Waals surface area contributed by atoms with Gasteiger partial charge in [-0.1, -0.05) is 81.4 Å². The van der Waals surface area contributed by atoms with E-state index in [0.717, 1.165) is 36.6 Å². The molecule has 5 rings (SSSR count). The Balaban J connectivity index is 1.66. The standard InChI is InChI=1S/C28H34N4O/c1-27(2,3)25(28-16-22(17-29)32(28)15-14-24(28)33)26-30-23(21-12-8-5-9-13-21)19-31(26)18-20-10-6-4-7-11-20/h4-13,19,22,25H,14-18,29H2,1-3H3/t22-,25-,28?/m1/s1. The van der Waals surface area contributed by atoms with Gasteiger partial charge in [-0.2, -0.15) is 0 Å². The first-order valence-corrected chi connectivity index (χ1v) is 12.0. The molecule has 5 nitrogen and oxygen atoms in total. The first-order chi connectivity index (χ1) is 15.8. The number of nitrogens with two attached hydrogens (primary N) is 1. The molecular weight excluding hydrogens is 408 g/mol. The molecule has 5 heteroatoms. The van der Waals surface area contributed by atoms with Crippen molar-refractivity contribution in [3.05, 3.63) is 78.2 Å². The highest BCUT2D eigenvalue weighted by atomic mass is 16.1. The number of hydrogen-bond donors (Lipinski definition) is 1. The molecule has 33 heavy (non-hydrogen) atoms. The van der Waals surface area contributed by atoms with Gasteiger partial charge in [0, 0.05) is 49.8 Å². The zero-order chi connectivity index (χ0) is 23.2. The fourth-order valence-electron chi connectivity index (χ4n) is 6.18. The van der Waals surface area contributed by atoms with Gasteiger partial charge in [-0.15, -0.1) is 0 Å². The van der Waals surface area contributed by atoms with E-state index in [2.05, 4.69) is 72.8 Å². The summed E-state index contributed by atoms with van der Waals surface area (Å²) >= 11 is 0. The molecule has 0 spiro atoms. The predicted molar refractivity (Wildman–Crippen MR) is 132 cm³/mol. The van der Waals surface area contributed by atoms with E-state index >= 15 is 0 Å². The molecule has 2 aliphatic rings. The summed E-state index contributed by atoms with van der Waals surface area (Å²) in [6.07, 6.45) is 3.59. The number of Topliss-reactive ketones (excluding diaryl/α,β-unsaturated/α-hetero) is 1. The molecule has 1 aromatic heterocycles. The number of hydrogen-bond acceptors (Lipinski definition) is 4. The van der Waals surface area contributed by atoms with Gasteiger partial charge in [0.05, 0.1) is 11.2 Å². The molecule has 0 bridgehead atoms. The lowest BCUT2D eigenvalue weighted by Crippen LogP contribution is -2.71. The zero-order valence-corrected chi connectivity index (χ0v) is 19.9. The summed E-state index contributed by atoms with van der Waals surface area (Å²) < 4.78 is 2.28. The maximum atomic E-state index is 13.5. The number of rotatable bonds is 6. The van der Waals surface area contributed by atoms with Crippen LogP contribution in [0.3, 0.4) is 0 Å². The van der Waals surface area contributed by atoms with Gasteiger partial charge < -0.3 is 10.3 Å². The Morgan fingerprint density at radius 2 is 1.76 bits per heavy atom. The second-order valence-electron chi connectivity index (χ2n) is 10.6. The second kappa shape index (κ2) is 8.23. The molecule has 0 radical (unpaired) electrons. The van der Waals surface area contributed by atoms with Crippen molar-refractivity contribution in [2.75, 3.05) is 13.1 Å². The molecule has 0 amide bonds. The van der Waals surface area contributed by atoms with E-state index in [9.17, 15) is 4.79 Å². The predicted octanol–water partition coefficient (Wildman–Crippen LogP) is 4.47. The van der Waals surface area contributed by atoms with Gasteiger partial charge in [-0.25, -0.2) is 4.98 Å². The Morgan fingerprint density at radius 1 is 1.09 bits per heavy atom. The van der Waals surface area contributed by atoms with Crippen molar-refractivity contribution in [1.82, 2.24) is 14.5 Å². The summed E-state index contributed by atoms with van der Waals surface area (Å²) in [6, 6.07) is 21.1. The van der Waals surface area contributed by atoms with Crippen LogP contribution >= 0.6 is 0 Å². The van der Waals surface area contributed by atoms with Crippen LogP contribution in [0.1, 0.15) is 50.9 Å². The van der Waals surface area contributed by atoms with Crippen molar-refractivity contribution in [1.29, 1.82) is 0 Å². The summed E-state index contributed by atoms with van der Waals surface area (Å²) in [7, 11) is 0. The topological polar surface area (TPSA) is 64.2 Å². The number of benzene rings is 2. The molecule has 0 aliphatic carbocycles. The van der Waals surface area contributed by atoms with Crippen LogP contribution in [0.2, 0.25) is 0 Å². The van der Waals surface area contributed by atoms with Gasteiger partial charge in [0.25, 0.3) is 0 Å². The lowest BCUT2D eigenvalue weighted by molar-refractivity contribution is -0.143. The van der Waals surface area contributed by atoms with Crippen LogP contribution in [-0.4, -0.2) is 44.9 Å². The molecule has 3 atom stereocenters. The highest BCUT2D eigenvalue weighted by molar-refractivity contribution is 5.93. The molecule has 0 saturated carbocycles. The van der Waals surface area contributed by atoms with Crippen LogP contribution in [-0.2, 0) is 11.3 Å². The Bertz CT molecular complexity index is 1130. The first kappa shape index (κ1) is 22.1. The van der Waals surface area contributed by atoms with Crippen LogP contribution in [0.5, 0.6) is 0 Å². The minimum Gasteiger partial charge on any atom is -0.330 e. The molecule has 172 valence electrons. The number of carbonyl (C=O) groups excluding carboxylic acids is 1. The molecular formula is C28H34N4O. The normalized spacial score (nSPS) is 23.9. The molecule has 3 heterocycles. The summed E-state index contributed by atoms with van der Waals surface area (Å²) in [5.41, 5.74) is 8.71. The smallest absolute Gasteiger partial charge is 0.155 e.